The Hall–Kier alpha value is -2.15. The second-order valence-corrected chi connectivity index (χ2v) is 8.08. The van der Waals surface area contributed by atoms with Crippen LogP contribution in [0.25, 0.3) is 20.3 Å². The molecule has 2 heterocycles. The number of aryl methyl sites for hydroxylation is 1. The van der Waals surface area contributed by atoms with Crippen LogP contribution in [0.3, 0.4) is 0 Å². The van der Waals surface area contributed by atoms with Crippen molar-refractivity contribution in [1.29, 1.82) is 0 Å². The van der Waals surface area contributed by atoms with E-state index in [1.165, 1.54) is 22.7 Å². The molecule has 0 aliphatic rings. The molecule has 2 aromatic carbocycles. The second kappa shape index (κ2) is 6.87. The maximum Gasteiger partial charge on any atom is 0.291 e. The van der Waals surface area contributed by atoms with E-state index in [9.17, 15) is 4.79 Å². The number of carbonyl (C=O) groups excluding carboxylic acids is 1. The van der Waals surface area contributed by atoms with Gasteiger partial charge in [-0.3, -0.25) is 4.79 Å². The molecule has 4 nitrogen and oxygen atoms in total. The van der Waals surface area contributed by atoms with E-state index in [4.69, 9.17) is 16.3 Å². The van der Waals surface area contributed by atoms with E-state index in [0.717, 1.165) is 26.1 Å². The number of hydrogen-bond donors (Lipinski definition) is 0. The number of ether oxygens (including phenoxy) is 1. The van der Waals surface area contributed by atoms with Crippen molar-refractivity contribution in [2.45, 2.75) is 6.92 Å². The van der Waals surface area contributed by atoms with Crippen LogP contribution in [0.15, 0.2) is 47.5 Å². The van der Waals surface area contributed by atoms with Crippen molar-refractivity contribution < 1.29 is 9.53 Å². The Morgan fingerprint density at radius 2 is 1.92 bits per heavy atom. The summed E-state index contributed by atoms with van der Waals surface area (Å²) in [6.07, 6.45) is 0. The third-order valence-electron chi connectivity index (χ3n) is 4.01. The molecule has 0 saturated carbocycles. The second-order valence-electron chi connectivity index (χ2n) is 5.64. The lowest BCUT2D eigenvalue weighted by molar-refractivity contribution is 0.100. The summed E-state index contributed by atoms with van der Waals surface area (Å²) >= 11 is 9.24. The molecule has 2 aromatic heterocycles. The Balaban J connectivity index is 1.85. The van der Waals surface area contributed by atoms with Gasteiger partial charge in [-0.25, -0.2) is 0 Å². The van der Waals surface area contributed by atoms with E-state index >= 15 is 0 Å². The van der Waals surface area contributed by atoms with Gasteiger partial charge in [-0.05, 0) is 25.1 Å². The van der Waals surface area contributed by atoms with E-state index < -0.39 is 0 Å². The van der Waals surface area contributed by atoms with Crippen LogP contribution in [-0.4, -0.2) is 17.1 Å². The lowest BCUT2D eigenvalue weighted by atomic mass is 10.2. The Labute approximate surface area is 162 Å². The highest BCUT2D eigenvalue weighted by atomic mass is 35.5. The molecule has 132 valence electrons. The minimum absolute atomic E-state index is 0.323. The molecule has 4 aromatic rings. The Kier molecular flexibility index (Phi) is 4.56. The molecule has 26 heavy (non-hydrogen) atoms. The van der Waals surface area contributed by atoms with Crippen LogP contribution in [-0.2, 0) is 7.05 Å². The van der Waals surface area contributed by atoms with Crippen LogP contribution in [0.4, 0.5) is 0 Å². The zero-order chi connectivity index (χ0) is 18.3. The van der Waals surface area contributed by atoms with Crippen LogP contribution in [0.5, 0.6) is 5.75 Å². The maximum absolute atomic E-state index is 12.8. The summed E-state index contributed by atoms with van der Waals surface area (Å²) in [5, 5.41) is 1.36. The summed E-state index contributed by atoms with van der Waals surface area (Å²) in [4.78, 5) is 18.2. The fraction of sp³-hybridized carbons (Fsp3) is 0.158. The van der Waals surface area contributed by atoms with Crippen LogP contribution in [0.1, 0.15) is 16.6 Å². The molecule has 0 atom stereocenters. The first-order chi connectivity index (χ1) is 12.6. The molecule has 4 rings (SSSR count). The Bertz CT molecular complexity index is 1200. The number of rotatable bonds is 3. The first kappa shape index (κ1) is 17.3. The molecule has 7 heteroatoms. The SMILES string of the molecule is CCOc1cccc2sc(=NC(=O)c3sc4ccccc4c3Cl)n(C)c12. The quantitative estimate of drug-likeness (QED) is 0.469. The van der Waals surface area contributed by atoms with Crippen LogP contribution < -0.4 is 9.54 Å². The number of aromatic nitrogens is 1. The summed E-state index contributed by atoms with van der Waals surface area (Å²) in [5.74, 6) is 0.467. The molecule has 0 fully saturated rings. The minimum Gasteiger partial charge on any atom is -0.492 e. The number of thiophene rings is 1. The van der Waals surface area contributed by atoms with Gasteiger partial charge >= 0.3 is 0 Å². The molecule has 0 aliphatic heterocycles. The van der Waals surface area contributed by atoms with Crippen LogP contribution >= 0.6 is 34.3 Å². The fourth-order valence-corrected chi connectivity index (χ4v) is 5.27. The molecular formula is C19H15ClN2O2S2. The predicted molar refractivity (Wildman–Crippen MR) is 109 cm³/mol. The summed E-state index contributed by atoms with van der Waals surface area (Å²) < 4.78 is 9.60. The average molecular weight is 403 g/mol. The van der Waals surface area contributed by atoms with E-state index in [0.29, 0.717) is 21.3 Å². The van der Waals surface area contributed by atoms with Gasteiger partial charge in [0.1, 0.15) is 16.1 Å². The maximum atomic E-state index is 12.8. The average Bonchev–Trinajstić information content (AvgIpc) is 3.14. The van der Waals surface area contributed by atoms with Gasteiger partial charge in [0, 0.05) is 17.1 Å². The summed E-state index contributed by atoms with van der Waals surface area (Å²) in [7, 11) is 1.89. The normalized spacial score (nSPS) is 12.2. The smallest absolute Gasteiger partial charge is 0.291 e. The standard InChI is InChI=1S/C19H15ClN2O2S2/c1-3-24-12-8-6-10-14-16(12)22(2)19(26-14)21-18(23)17-15(20)11-7-4-5-9-13(11)25-17/h4-10H,3H2,1-2H3. The molecule has 0 unspecified atom stereocenters. The number of amides is 1. The number of para-hydroxylation sites is 1. The third-order valence-corrected chi connectivity index (χ3v) is 6.77. The molecule has 0 N–H and O–H groups in total. The fourth-order valence-electron chi connectivity index (χ4n) is 2.84. The van der Waals surface area contributed by atoms with Crippen LogP contribution in [0.2, 0.25) is 5.02 Å². The summed E-state index contributed by atoms with van der Waals surface area (Å²) in [6, 6.07) is 13.6. The molecule has 0 radical (unpaired) electrons. The van der Waals surface area contributed by atoms with E-state index in [2.05, 4.69) is 4.99 Å². The van der Waals surface area contributed by atoms with E-state index in [-0.39, 0.29) is 5.91 Å². The van der Waals surface area contributed by atoms with Crippen molar-refractivity contribution in [3.8, 4) is 5.75 Å². The van der Waals surface area contributed by atoms with Gasteiger partial charge in [-0.1, -0.05) is 47.2 Å². The first-order valence-electron chi connectivity index (χ1n) is 8.07. The highest BCUT2D eigenvalue weighted by molar-refractivity contribution is 7.21. The van der Waals surface area contributed by atoms with Gasteiger partial charge in [0.05, 0.1) is 16.3 Å². The zero-order valence-electron chi connectivity index (χ0n) is 14.2. The van der Waals surface area contributed by atoms with Crippen molar-refractivity contribution >= 4 is 60.5 Å². The molecule has 0 bridgehead atoms. The van der Waals surface area contributed by atoms with Gasteiger partial charge in [-0.2, -0.15) is 4.99 Å². The van der Waals surface area contributed by atoms with Crippen molar-refractivity contribution in [2.75, 3.05) is 6.61 Å². The van der Waals surface area contributed by atoms with Gasteiger partial charge < -0.3 is 9.30 Å². The zero-order valence-corrected chi connectivity index (χ0v) is 16.5. The van der Waals surface area contributed by atoms with Gasteiger partial charge in [-0.15, -0.1) is 11.3 Å². The first-order valence-corrected chi connectivity index (χ1v) is 10.1. The topological polar surface area (TPSA) is 43.6 Å². The molecule has 0 saturated heterocycles. The van der Waals surface area contributed by atoms with Crippen molar-refractivity contribution in [2.24, 2.45) is 12.0 Å². The molecule has 0 spiro atoms. The van der Waals surface area contributed by atoms with Crippen LogP contribution in [0, 0.1) is 0 Å². The van der Waals surface area contributed by atoms with Crippen molar-refractivity contribution in [3.05, 3.63) is 57.2 Å². The number of hydrogen-bond acceptors (Lipinski definition) is 4. The summed E-state index contributed by atoms with van der Waals surface area (Å²) in [6.45, 7) is 2.53. The minimum atomic E-state index is -0.323. The highest BCUT2D eigenvalue weighted by Crippen LogP contribution is 2.35. The molecule has 1 amide bonds. The van der Waals surface area contributed by atoms with Gasteiger partial charge in [0.2, 0.25) is 0 Å². The van der Waals surface area contributed by atoms with Gasteiger partial charge in [0.25, 0.3) is 5.91 Å². The highest BCUT2D eigenvalue weighted by Gasteiger charge is 2.17. The van der Waals surface area contributed by atoms with E-state index in [1.807, 2.05) is 61.0 Å². The number of nitrogens with zero attached hydrogens (tertiary/aromatic N) is 2. The number of benzene rings is 2. The predicted octanol–water partition coefficient (Wildman–Crippen LogP) is 5.25. The number of carbonyl (C=O) groups is 1. The molecule has 0 aliphatic carbocycles. The Morgan fingerprint density at radius 3 is 2.69 bits per heavy atom. The van der Waals surface area contributed by atoms with Crippen molar-refractivity contribution in [1.82, 2.24) is 4.57 Å². The number of fused-ring (bicyclic) bond motifs is 2. The lowest BCUT2D eigenvalue weighted by Gasteiger charge is -2.05. The third kappa shape index (κ3) is 2.84. The number of halogens is 1. The monoisotopic (exact) mass is 402 g/mol. The summed E-state index contributed by atoms with van der Waals surface area (Å²) in [5.41, 5.74) is 0.938. The van der Waals surface area contributed by atoms with E-state index in [1.54, 1.807) is 0 Å². The lowest BCUT2D eigenvalue weighted by Crippen LogP contribution is -2.13. The largest absolute Gasteiger partial charge is 0.492 e. The Morgan fingerprint density at radius 1 is 1.15 bits per heavy atom. The molecular weight excluding hydrogens is 388 g/mol. The number of thiazole rings is 1. The van der Waals surface area contributed by atoms with Crippen molar-refractivity contribution in [3.63, 3.8) is 0 Å². The van der Waals surface area contributed by atoms with Gasteiger partial charge in [0.15, 0.2) is 4.80 Å².